The molecule has 0 saturated carbocycles. The summed E-state index contributed by atoms with van der Waals surface area (Å²) in [6.45, 7) is 0. The largest absolute Gasteiger partial charge is 0.243 e. The molecule has 0 unspecified atom stereocenters. The Bertz CT molecular complexity index is 332. The lowest BCUT2D eigenvalue weighted by Gasteiger charge is -1.87. The lowest BCUT2D eigenvalue weighted by molar-refractivity contribution is 0.712. The van der Waals surface area contributed by atoms with Crippen LogP contribution in [0.1, 0.15) is 0 Å². The lowest BCUT2D eigenvalue weighted by Crippen LogP contribution is -1.95. The zero-order valence-corrected chi connectivity index (χ0v) is 5.63. The van der Waals surface area contributed by atoms with Crippen LogP contribution in [-0.4, -0.2) is 40.8 Å². The molecule has 0 aliphatic carbocycles. The highest BCUT2D eigenvalue weighted by Crippen LogP contribution is 2.03. The molecule has 1 N–H and O–H groups in total. The molecule has 0 spiro atoms. The molecule has 0 fully saturated rings. The van der Waals surface area contributed by atoms with Gasteiger partial charge in [0.1, 0.15) is 0 Å². The van der Waals surface area contributed by atoms with Gasteiger partial charge in [0, 0.05) is 7.05 Å². The minimum absolute atomic E-state index is 0.387. The van der Waals surface area contributed by atoms with E-state index in [4.69, 9.17) is 0 Å². The van der Waals surface area contributed by atoms with E-state index in [9.17, 15) is 0 Å². The number of nitrogens with one attached hydrogen (secondary N) is 1. The molecule has 0 aromatic carbocycles. The summed E-state index contributed by atoms with van der Waals surface area (Å²) in [4.78, 5) is 0. The smallest absolute Gasteiger partial charge is 0.226 e. The van der Waals surface area contributed by atoms with E-state index in [0.717, 1.165) is 0 Å². The van der Waals surface area contributed by atoms with E-state index >= 15 is 0 Å². The predicted octanol–water partition coefficient (Wildman–Crippen LogP) is -1.61. The molecular weight excluding hydrogens is 148 g/mol. The van der Waals surface area contributed by atoms with Gasteiger partial charge in [-0.3, -0.25) is 0 Å². The molecule has 11 heavy (non-hydrogen) atoms. The molecule has 0 aliphatic heterocycles. The standard InChI is InChI=1S/C3H4N8/c1-11-3(6-9-10-11)2-4-7-8-5-2/h1H3,(H,4,5,7,8). The number of H-pyrrole nitrogens is 1. The summed E-state index contributed by atoms with van der Waals surface area (Å²) in [6, 6.07) is 0. The number of nitrogens with zero attached hydrogens (tertiary/aromatic N) is 7. The zero-order valence-electron chi connectivity index (χ0n) is 5.63. The zero-order chi connectivity index (χ0) is 7.68. The summed E-state index contributed by atoms with van der Waals surface area (Å²) in [5.74, 6) is 0.872. The van der Waals surface area contributed by atoms with Gasteiger partial charge in [0.2, 0.25) is 11.6 Å². The molecule has 0 atom stereocenters. The molecule has 56 valence electrons. The monoisotopic (exact) mass is 152 g/mol. The van der Waals surface area contributed by atoms with Gasteiger partial charge in [0.25, 0.3) is 0 Å². The molecule has 2 aromatic heterocycles. The second kappa shape index (κ2) is 2.08. The van der Waals surface area contributed by atoms with Crippen molar-refractivity contribution in [2.45, 2.75) is 0 Å². The Kier molecular flexibility index (Phi) is 1.11. The summed E-state index contributed by atoms with van der Waals surface area (Å²) in [5.41, 5.74) is 0. The van der Waals surface area contributed by atoms with Crippen molar-refractivity contribution in [1.29, 1.82) is 0 Å². The van der Waals surface area contributed by atoms with E-state index in [1.165, 1.54) is 4.68 Å². The van der Waals surface area contributed by atoms with Crippen molar-refractivity contribution in [3.8, 4) is 11.6 Å². The molecule has 0 amide bonds. The van der Waals surface area contributed by atoms with Gasteiger partial charge in [-0.2, -0.15) is 5.21 Å². The van der Waals surface area contributed by atoms with Gasteiger partial charge in [-0.1, -0.05) is 0 Å². The topological polar surface area (TPSA) is 98.1 Å². The van der Waals surface area contributed by atoms with Gasteiger partial charge in [-0.15, -0.1) is 15.3 Å². The molecule has 0 aliphatic rings. The third kappa shape index (κ3) is 0.838. The molecule has 0 radical (unpaired) electrons. The molecule has 0 saturated heterocycles. The lowest BCUT2D eigenvalue weighted by atomic mass is 10.6. The maximum atomic E-state index is 3.71. The molecule has 8 nitrogen and oxygen atoms in total. The Morgan fingerprint density at radius 2 is 2.27 bits per heavy atom. The average molecular weight is 152 g/mol. The van der Waals surface area contributed by atoms with Crippen molar-refractivity contribution < 1.29 is 0 Å². The van der Waals surface area contributed by atoms with E-state index in [1.54, 1.807) is 7.05 Å². The van der Waals surface area contributed by atoms with Gasteiger partial charge >= 0.3 is 0 Å². The van der Waals surface area contributed by atoms with Crippen LogP contribution in [0.25, 0.3) is 11.6 Å². The summed E-state index contributed by atoms with van der Waals surface area (Å²) in [6.07, 6.45) is 0. The van der Waals surface area contributed by atoms with Gasteiger partial charge in [0.15, 0.2) is 0 Å². The Morgan fingerprint density at radius 3 is 2.82 bits per heavy atom. The fourth-order valence-corrected chi connectivity index (χ4v) is 0.675. The summed E-state index contributed by atoms with van der Waals surface area (Å²) in [7, 11) is 1.70. The van der Waals surface area contributed by atoms with Crippen molar-refractivity contribution in [1.82, 2.24) is 40.8 Å². The summed E-state index contributed by atoms with van der Waals surface area (Å²) >= 11 is 0. The third-order valence-corrected chi connectivity index (χ3v) is 1.17. The van der Waals surface area contributed by atoms with Crippen molar-refractivity contribution in [2.75, 3.05) is 0 Å². The normalized spacial score (nSPS) is 10.3. The maximum absolute atomic E-state index is 3.71. The van der Waals surface area contributed by atoms with Crippen LogP contribution in [0.4, 0.5) is 0 Å². The highest BCUT2D eigenvalue weighted by atomic mass is 15.6. The molecule has 8 heteroatoms. The number of aromatic nitrogens is 8. The minimum atomic E-state index is 0.387. The van der Waals surface area contributed by atoms with Crippen molar-refractivity contribution >= 4 is 0 Å². The third-order valence-electron chi connectivity index (χ3n) is 1.17. The van der Waals surface area contributed by atoms with Crippen LogP contribution in [0.5, 0.6) is 0 Å². The van der Waals surface area contributed by atoms with Crippen LogP contribution in [0.2, 0.25) is 0 Å². The van der Waals surface area contributed by atoms with E-state index in [-0.39, 0.29) is 0 Å². The van der Waals surface area contributed by atoms with Crippen LogP contribution in [0.15, 0.2) is 0 Å². The first-order valence-corrected chi connectivity index (χ1v) is 2.84. The minimum Gasteiger partial charge on any atom is -0.226 e. The van der Waals surface area contributed by atoms with Crippen molar-refractivity contribution in [3.63, 3.8) is 0 Å². The van der Waals surface area contributed by atoms with Crippen LogP contribution < -0.4 is 0 Å². The van der Waals surface area contributed by atoms with E-state index in [1.807, 2.05) is 0 Å². The highest BCUT2D eigenvalue weighted by molar-refractivity contribution is 5.38. The van der Waals surface area contributed by atoms with E-state index < -0.39 is 0 Å². The van der Waals surface area contributed by atoms with Crippen LogP contribution in [0.3, 0.4) is 0 Å². The number of rotatable bonds is 1. The summed E-state index contributed by atoms with van der Waals surface area (Å²) in [5, 5.41) is 23.8. The highest BCUT2D eigenvalue weighted by Gasteiger charge is 2.08. The SMILES string of the molecule is Cn1nnnc1-c1nn[nH]n1. The number of hydrogen-bond donors (Lipinski definition) is 1. The Morgan fingerprint density at radius 1 is 1.36 bits per heavy atom. The van der Waals surface area contributed by atoms with Crippen molar-refractivity contribution in [2.24, 2.45) is 7.05 Å². The van der Waals surface area contributed by atoms with Crippen LogP contribution >= 0.6 is 0 Å². The van der Waals surface area contributed by atoms with Gasteiger partial charge in [-0.25, -0.2) is 4.68 Å². The number of aryl methyl sites for hydroxylation is 1. The first-order chi connectivity index (χ1) is 5.38. The Labute approximate surface area is 60.6 Å². The van der Waals surface area contributed by atoms with Crippen molar-refractivity contribution in [3.05, 3.63) is 0 Å². The average Bonchev–Trinajstić information content (AvgIpc) is 2.55. The maximum Gasteiger partial charge on any atom is 0.243 e. The first-order valence-electron chi connectivity index (χ1n) is 2.84. The number of hydrogen-bond acceptors (Lipinski definition) is 6. The molecule has 2 aromatic rings. The van der Waals surface area contributed by atoms with Crippen LogP contribution in [-0.2, 0) is 7.05 Å². The predicted molar refractivity (Wildman–Crippen MR) is 32.0 cm³/mol. The van der Waals surface area contributed by atoms with Crippen LogP contribution in [0, 0.1) is 0 Å². The van der Waals surface area contributed by atoms with E-state index in [0.29, 0.717) is 11.6 Å². The van der Waals surface area contributed by atoms with Gasteiger partial charge < -0.3 is 0 Å². The molecule has 2 heterocycles. The second-order valence-corrected chi connectivity index (χ2v) is 1.86. The Balaban J connectivity index is 2.53. The van der Waals surface area contributed by atoms with E-state index in [2.05, 4.69) is 36.1 Å². The number of aromatic amines is 1. The quantitative estimate of drug-likeness (QED) is 0.527. The fourth-order valence-electron chi connectivity index (χ4n) is 0.675. The van der Waals surface area contributed by atoms with Gasteiger partial charge in [-0.05, 0) is 15.6 Å². The first kappa shape index (κ1) is 5.89. The molecule has 2 rings (SSSR count). The second-order valence-electron chi connectivity index (χ2n) is 1.86. The molecule has 0 bridgehead atoms. The fraction of sp³-hybridized carbons (Fsp3) is 0.333. The molecular formula is C3H4N8. The van der Waals surface area contributed by atoms with Gasteiger partial charge in [0.05, 0.1) is 0 Å². The Hall–Kier alpha value is -1.86. The summed E-state index contributed by atoms with van der Waals surface area (Å²) < 4.78 is 1.46. The number of tetrazole rings is 2.